The van der Waals surface area contributed by atoms with Crippen molar-refractivity contribution in [3.63, 3.8) is 0 Å². The Balaban J connectivity index is 1.62. The smallest absolute Gasteiger partial charge is 0.298 e. The molecule has 0 radical (unpaired) electrons. The maximum absolute atomic E-state index is 14.5. The Morgan fingerprint density at radius 1 is 0.784 bits per heavy atom. The zero-order chi connectivity index (χ0) is 25.6. The van der Waals surface area contributed by atoms with Gasteiger partial charge >= 0.3 is 6.03 Å². The van der Waals surface area contributed by atoms with Gasteiger partial charge in [-0.15, -0.1) is 0 Å². The van der Waals surface area contributed by atoms with Crippen LogP contribution in [0.4, 0.5) is 16.2 Å². The first-order chi connectivity index (χ1) is 18.2. The summed E-state index contributed by atoms with van der Waals surface area (Å²) < 4.78 is 0. The molecule has 0 spiro atoms. The van der Waals surface area contributed by atoms with Crippen LogP contribution in [0.3, 0.4) is 0 Å². The quantitative estimate of drug-likeness (QED) is 0.396. The van der Waals surface area contributed by atoms with E-state index in [0.717, 1.165) is 73.0 Å². The van der Waals surface area contributed by atoms with Crippen molar-refractivity contribution in [1.29, 1.82) is 0 Å². The molecule has 2 fully saturated rings. The summed E-state index contributed by atoms with van der Waals surface area (Å²) in [5, 5.41) is 7.18. The maximum Gasteiger partial charge on any atom is 0.349 e. The van der Waals surface area contributed by atoms with E-state index in [0.29, 0.717) is 11.5 Å². The Morgan fingerprint density at radius 2 is 1.38 bits per heavy atom. The molecule has 2 amide bonds. The van der Waals surface area contributed by atoms with Crippen LogP contribution in [0.1, 0.15) is 111 Å². The molecule has 0 unspecified atom stereocenters. The van der Waals surface area contributed by atoms with Gasteiger partial charge in [0.25, 0.3) is 0 Å². The molecule has 2 aliphatic carbocycles. The van der Waals surface area contributed by atoms with E-state index in [-0.39, 0.29) is 12.1 Å². The van der Waals surface area contributed by atoms with Gasteiger partial charge in [-0.25, -0.2) is 9.80 Å². The lowest BCUT2D eigenvalue weighted by Gasteiger charge is -2.32. The van der Waals surface area contributed by atoms with Crippen LogP contribution in [0.25, 0.3) is 0 Å². The third-order valence-electron chi connectivity index (χ3n) is 8.47. The molecule has 3 aliphatic rings. The number of aryl methyl sites for hydroxylation is 1. The summed E-state index contributed by atoms with van der Waals surface area (Å²) in [6.07, 6.45) is 17.5. The fraction of sp³-hybridized carbons (Fsp3) is 0.531. The zero-order valence-corrected chi connectivity index (χ0v) is 22.3. The second-order valence-corrected chi connectivity index (χ2v) is 11.2. The standard InChI is InChI=1S/C32H41N3O2/c1-24-16-21-29-30(22-24)34(27-19-17-25(23-36)18-20-27)32(37)35(33-31(29)26-12-8-7-9-13-26)28-14-10-5-3-2-4-6-11-15-28/h16-23,26,28H,2-15H2,1H3. The normalized spacial score (nSPS) is 20.7. The van der Waals surface area contributed by atoms with Crippen molar-refractivity contribution in [3.8, 4) is 0 Å². The van der Waals surface area contributed by atoms with E-state index in [4.69, 9.17) is 5.10 Å². The minimum atomic E-state index is -0.0708. The summed E-state index contributed by atoms with van der Waals surface area (Å²) in [6.45, 7) is 2.08. The summed E-state index contributed by atoms with van der Waals surface area (Å²) in [4.78, 5) is 27.7. The van der Waals surface area contributed by atoms with Crippen LogP contribution in [-0.2, 0) is 0 Å². The molecular weight excluding hydrogens is 458 g/mol. The van der Waals surface area contributed by atoms with Gasteiger partial charge in [0.2, 0.25) is 0 Å². The van der Waals surface area contributed by atoms with Crippen molar-refractivity contribution < 1.29 is 9.59 Å². The van der Waals surface area contributed by atoms with Gasteiger partial charge in [0.15, 0.2) is 0 Å². The number of carbonyl (C=O) groups excluding carboxylic acids is 2. The minimum Gasteiger partial charge on any atom is -0.298 e. The summed E-state index contributed by atoms with van der Waals surface area (Å²) in [7, 11) is 0. The number of fused-ring (bicyclic) bond motifs is 1. The van der Waals surface area contributed by atoms with Crippen molar-refractivity contribution in [3.05, 3.63) is 59.2 Å². The van der Waals surface area contributed by atoms with Crippen molar-refractivity contribution in [1.82, 2.24) is 5.01 Å². The second kappa shape index (κ2) is 12.1. The molecule has 0 bridgehead atoms. The lowest BCUT2D eigenvalue weighted by Crippen LogP contribution is -2.43. The second-order valence-electron chi connectivity index (χ2n) is 11.2. The first-order valence-electron chi connectivity index (χ1n) is 14.5. The number of hydrogen-bond acceptors (Lipinski definition) is 3. The lowest BCUT2D eigenvalue weighted by atomic mass is 9.82. The summed E-state index contributed by atoms with van der Waals surface area (Å²) in [5.74, 6) is 0.377. The Labute approximate surface area is 221 Å². The van der Waals surface area contributed by atoms with Crippen molar-refractivity contribution >= 4 is 29.4 Å². The van der Waals surface area contributed by atoms with E-state index in [1.54, 1.807) is 12.1 Å². The van der Waals surface area contributed by atoms with E-state index in [1.807, 2.05) is 22.0 Å². The highest BCUT2D eigenvalue weighted by molar-refractivity contribution is 6.14. The van der Waals surface area contributed by atoms with E-state index in [2.05, 4.69) is 25.1 Å². The SMILES string of the molecule is Cc1ccc2c(c1)N(c1ccc(C=O)cc1)C(=O)N(C1CCCCCCCCC1)N=C2C1CCCCC1. The Kier molecular flexibility index (Phi) is 8.38. The fourth-order valence-electron chi connectivity index (χ4n) is 6.36. The zero-order valence-electron chi connectivity index (χ0n) is 22.3. The number of hydrazone groups is 1. The van der Waals surface area contributed by atoms with Gasteiger partial charge in [-0.05, 0) is 68.5 Å². The number of hydrogen-bond donors (Lipinski definition) is 0. The average molecular weight is 500 g/mol. The molecule has 1 aliphatic heterocycles. The lowest BCUT2D eigenvalue weighted by molar-refractivity contribution is 0.112. The summed E-state index contributed by atoms with van der Waals surface area (Å²) in [6, 6.07) is 13.9. The molecule has 2 saturated carbocycles. The van der Waals surface area contributed by atoms with Crippen LogP contribution in [0.15, 0.2) is 47.6 Å². The van der Waals surface area contributed by atoms with Crippen LogP contribution in [-0.4, -0.2) is 29.1 Å². The van der Waals surface area contributed by atoms with Crippen LogP contribution >= 0.6 is 0 Å². The number of aldehydes is 1. The maximum atomic E-state index is 14.5. The van der Waals surface area contributed by atoms with E-state index < -0.39 is 0 Å². The average Bonchev–Trinajstić information content (AvgIpc) is 3.06. The van der Waals surface area contributed by atoms with Crippen LogP contribution in [0, 0.1) is 12.8 Å². The number of anilines is 2. The molecular formula is C32H41N3O2. The fourth-order valence-corrected chi connectivity index (χ4v) is 6.36. The highest BCUT2D eigenvalue weighted by Crippen LogP contribution is 2.39. The van der Waals surface area contributed by atoms with Gasteiger partial charge in [0.1, 0.15) is 6.29 Å². The minimum absolute atomic E-state index is 0.0708. The number of nitrogens with zero attached hydrogens (tertiary/aromatic N) is 3. The molecule has 2 aromatic rings. The third kappa shape index (κ3) is 5.81. The van der Waals surface area contributed by atoms with Gasteiger partial charge < -0.3 is 0 Å². The number of rotatable bonds is 4. The number of benzene rings is 2. The first-order valence-corrected chi connectivity index (χ1v) is 14.5. The van der Waals surface area contributed by atoms with Crippen LogP contribution in [0.2, 0.25) is 0 Å². The number of amides is 2. The molecule has 0 aromatic heterocycles. The van der Waals surface area contributed by atoms with Gasteiger partial charge in [-0.2, -0.15) is 5.10 Å². The third-order valence-corrected chi connectivity index (χ3v) is 8.47. The Bertz CT molecular complexity index is 1110. The molecule has 5 nitrogen and oxygen atoms in total. The van der Waals surface area contributed by atoms with Crippen LogP contribution in [0.5, 0.6) is 0 Å². The van der Waals surface area contributed by atoms with E-state index in [1.165, 1.54) is 51.4 Å². The molecule has 5 heteroatoms. The first kappa shape index (κ1) is 25.7. The summed E-state index contributed by atoms with van der Waals surface area (Å²) >= 11 is 0. The topological polar surface area (TPSA) is 53.0 Å². The monoisotopic (exact) mass is 499 g/mol. The van der Waals surface area contributed by atoms with Crippen LogP contribution < -0.4 is 4.90 Å². The van der Waals surface area contributed by atoms with E-state index in [9.17, 15) is 9.59 Å². The molecule has 37 heavy (non-hydrogen) atoms. The Morgan fingerprint density at radius 3 is 2.03 bits per heavy atom. The molecule has 196 valence electrons. The molecule has 0 atom stereocenters. The van der Waals surface area contributed by atoms with Gasteiger partial charge in [0, 0.05) is 17.0 Å². The number of urea groups is 1. The number of carbonyl (C=O) groups is 2. The van der Waals surface area contributed by atoms with Gasteiger partial charge in [-0.1, -0.05) is 76.3 Å². The predicted octanol–water partition coefficient (Wildman–Crippen LogP) is 8.56. The highest BCUT2D eigenvalue weighted by Gasteiger charge is 2.37. The van der Waals surface area contributed by atoms with Crippen molar-refractivity contribution in [2.24, 2.45) is 11.0 Å². The van der Waals surface area contributed by atoms with Crippen molar-refractivity contribution in [2.75, 3.05) is 4.90 Å². The predicted molar refractivity (Wildman–Crippen MR) is 151 cm³/mol. The largest absolute Gasteiger partial charge is 0.349 e. The molecule has 0 N–H and O–H groups in total. The highest BCUT2D eigenvalue weighted by atomic mass is 16.2. The molecule has 2 aromatic carbocycles. The molecule has 0 saturated heterocycles. The Hall–Kier alpha value is -2.95. The van der Waals surface area contributed by atoms with Gasteiger partial charge in [-0.3, -0.25) is 9.69 Å². The molecule has 5 rings (SSSR count). The van der Waals surface area contributed by atoms with E-state index >= 15 is 0 Å². The summed E-state index contributed by atoms with van der Waals surface area (Å²) in [5.41, 5.74) is 5.60. The van der Waals surface area contributed by atoms with Crippen molar-refractivity contribution in [2.45, 2.75) is 103 Å². The van der Waals surface area contributed by atoms with Gasteiger partial charge in [0.05, 0.1) is 23.1 Å². The molecule has 1 heterocycles.